The molecule has 0 aromatic carbocycles. The molecule has 0 radical (unpaired) electrons. The molecule has 1 aliphatic carbocycles. The van der Waals surface area contributed by atoms with E-state index in [4.69, 9.17) is 9.47 Å². The topological polar surface area (TPSA) is 18.5 Å². The van der Waals surface area contributed by atoms with Crippen LogP contribution in [0.25, 0.3) is 0 Å². The Bertz CT molecular complexity index is 175. The summed E-state index contributed by atoms with van der Waals surface area (Å²) >= 11 is 0. The third-order valence-electron chi connectivity index (χ3n) is 3.38. The maximum absolute atomic E-state index is 5.95. The predicted octanol–water partition coefficient (Wildman–Crippen LogP) is 2.72. The molecule has 2 fully saturated rings. The van der Waals surface area contributed by atoms with Crippen LogP contribution in [-0.2, 0) is 9.47 Å². The molecule has 76 valence electrons. The van der Waals surface area contributed by atoms with Gasteiger partial charge in [0, 0.05) is 12.8 Å². The van der Waals surface area contributed by atoms with Crippen molar-refractivity contribution in [1.29, 1.82) is 0 Å². The standard InChI is InChI=1S/C11H20O2/c1-8-5-4-6-11(7-8)12-9(2)10(3)13-11/h8-10H,4-7H2,1-3H3/t8-,9-,10-/m1/s1. The summed E-state index contributed by atoms with van der Waals surface area (Å²) < 4.78 is 11.9. The fourth-order valence-electron chi connectivity index (χ4n) is 2.57. The van der Waals surface area contributed by atoms with Gasteiger partial charge in [0.15, 0.2) is 5.79 Å². The smallest absolute Gasteiger partial charge is 0.169 e. The molecular formula is C11H20O2. The predicted molar refractivity (Wildman–Crippen MR) is 51.5 cm³/mol. The summed E-state index contributed by atoms with van der Waals surface area (Å²) in [5, 5.41) is 0. The van der Waals surface area contributed by atoms with E-state index in [1.165, 1.54) is 12.8 Å². The monoisotopic (exact) mass is 184 g/mol. The summed E-state index contributed by atoms with van der Waals surface area (Å²) in [6.45, 7) is 6.51. The van der Waals surface area contributed by atoms with Gasteiger partial charge in [0.2, 0.25) is 0 Å². The average Bonchev–Trinajstić information content (AvgIpc) is 2.26. The van der Waals surface area contributed by atoms with Gasteiger partial charge in [0.25, 0.3) is 0 Å². The van der Waals surface area contributed by atoms with Crippen molar-refractivity contribution in [3.63, 3.8) is 0 Å². The van der Waals surface area contributed by atoms with Crippen LogP contribution in [0.15, 0.2) is 0 Å². The van der Waals surface area contributed by atoms with Crippen LogP contribution in [-0.4, -0.2) is 18.0 Å². The first-order valence-electron chi connectivity index (χ1n) is 5.47. The molecule has 0 aromatic heterocycles. The highest BCUT2D eigenvalue weighted by Gasteiger charge is 2.45. The lowest BCUT2D eigenvalue weighted by Gasteiger charge is -2.35. The lowest BCUT2D eigenvalue weighted by molar-refractivity contribution is -0.199. The first kappa shape index (κ1) is 9.47. The molecule has 0 unspecified atom stereocenters. The fourth-order valence-corrected chi connectivity index (χ4v) is 2.57. The number of ether oxygens (including phenoxy) is 2. The van der Waals surface area contributed by atoms with Crippen molar-refractivity contribution in [2.24, 2.45) is 5.92 Å². The molecule has 0 bridgehead atoms. The maximum Gasteiger partial charge on any atom is 0.169 e. The van der Waals surface area contributed by atoms with Gasteiger partial charge in [-0.05, 0) is 26.2 Å². The summed E-state index contributed by atoms with van der Waals surface area (Å²) in [4.78, 5) is 0. The highest BCUT2D eigenvalue weighted by Crippen LogP contribution is 2.42. The molecule has 2 aliphatic rings. The van der Waals surface area contributed by atoms with Crippen molar-refractivity contribution < 1.29 is 9.47 Å². The van der Waals surface area contributed by atoms with Crippen molar-refractivity contribution in [2.45, 2.75) is 64.4 Å². The van der Waals surface area contributed by atoms with Crippen molar-refractivity contribution in [3.8, 4) is 0 Å². The first-order valence-corrected chi connectivity index (χ1v) is 5.47. The van der Waals surface area contributed by atoms with Crippen LogP contribution in [0.2, 0.25) is 0 Å². The van der Waals surface area contributed by atoms with E-state index in [1.807, 2.05) is 0 Å². The molecule has 2 nitrogen and oxygen atoms in total. The van der Waals surface area contributed by atoms with Gasteiger partial charge in [-0.1, -0.05) is 13.3 Å². The van der Waals surface area contributed by atoms with Gasteiger partial charge in [-0.15, -0.1) is 0 Å². The van der Waals surface area contributed by atoms with Gasteiger partial charge in [-0.25, -0.2) is 0 Å². The van der Waals surface area contributed by atoms with Crippen LogP contribution in [0.5, 0.6) is 0 Å². The zero-order valence-corrected chi connectivity index (χ0v) is 8.88. The lowest BCUT2D eigenvalue weighted by atomic mass is 9.86. The Balaban J connectivity index is 2.04. The van der Waals surface area contributed by atoms with Gasteiger partial charge in [-0.3, -0.25) is 0 Å². The van der Waals surface area contributed by atoms with E-state index >= 15 is 0 Å². The Hall–Kier alpha value is -0.0800. The van der Waals surface area contributed by atoms with Crippen LogP contribution in [0.3, 0.4) is 0 Å². The van der Waals surface area contributed by atoms with E-state index in [9.17, 15) is 0 Å². The van der Waals surface area contributed by atoms with E-state index in [2.05, 4.69) is 20.8 Å². The van der Waals surface area contributed by atoms with E-state index in [0.717, 1.165) is 18.8 Å². The lowest BCUT2D eigenvalue weighted by Crippen LogP contribution is -2.36. The minimum Gasteiger partial charge on any atom is -0.344 e. The van der Waals surface area contributed by atoms with Gasteiger partial charge >= 0.3 is 0 Å². The first-order chi connectivity index (χ1) is 6.11. The minimum atomic E-state index is -0.212. The number of hydrogen-bond acceptors (Lipinski definition) is 2. The van der Waals surface area contributed by atoms with Crippen molar-refractivity contribution in [3.05, 3.63) is 0 Å². The molecule has 3 atom stereocenters. The normalized spacial score (nSPS) is 44.1. The Morgan fingerprint density at radius 3 is 2.23 bits per heavy atom. The van der Waals surface area contributed by atoms with E-state index in [-0.39, 0.29) is 18.0 Å². The molecule has 13 heavy (non-hydrogen) atoms. The van der Waals surface area contributed by atoms with Crippen molar-refractivity contribution in [2.75, 3.05) is 0 Å². The third kappa shape index (κ3) is 1.75. The molecule has 0 amide bonds. The zero-order chi connectivity index (χ0) is 9.47. The molecule has 2 rings (SSSR count). The molecule has 1 aliphatic heterocycles. The molecule has 1 saturated heterocycles. The maximum atomic E-state index is 5.95. The molecule has 2 heteroatoms. The fraction of sp³-hybridized carbons (Fsp3) is 1.00. The van der Waals surface area contributed by atoms with Gasteiger partial charge in [0.05, 0.1) is 12.2 Å². The summed E-state index contributed by atoms with van der Waals surface area (Å²) in [5.41, 5.74) is 0. The molecule has 0 N–H and O–H groups in total. The third-order valence-corrected chi connectivity index (χ3v) is 3.38. The van der Waals surface area contributed by atoms with E-state index < -0.39 is 0 Å². The number of rotatable bonds is 0. The SMILES string of the molecule is C[C@@H]1CCCC2(C1)O[C@H](C)[C@@H](C)O2. The zero-order valence-electron chi connectivity index (χ0n) is 8.88. The van der Waals surface area contributed by atoms with Gasteiger partial charge in [0.1, 0.15) is 0 Å². The highest BCUT2D eigenvalue weighted by molar-refractivity contribution is 4.86. The van der Waals surface area contributed by atoms with Gasteiger partial charge < -0.3 is 9.47 Å². The molecule has 1 saturated carbocycles. The quantitative estimate of drug-likeness (QED) is 0.576. The molecule has 1 spiro atoms. The Kier molecular flexibility index (Phi) is 2.37. The molecule has 0 aromatic rings. The van der Waals surface area contributed by atoms with Crippen molar-refractivity contribution >= 4 is 0 Å². The molecule has 1 heterocycles. The van der Waals surface area contributed by atoms with Gasteiger partial charge in [-0.2, -0.15) is 0 Å². The average molecular weight is 184 g/mol. The summed E-state index contributed by atoms with van der Waals surface area (Å²) in [6.07, 6.45) is 5.29. The second kappa shape index (κ2) is 3.25. The second-order valence-electron chi connectivity index (χ2n) is 4.76. The van der Waals surface area contributed by atoms with Crippen molar-refractivity contribution in [1.82, 2.24) is 0 Å². The van der Waals surface area contributed by atoms with E-state index in [0.29, 0.717) is 0 Å². The largest absolute Gasteiger partial charge is 0.344 e. The van der Waals surface area contributed by atoms with Crippen LogP contribution in [0.4, 0.5) is 0 Å². The molecular weight excluding hydrogens is 164 g/mol. The number of hydrogen-bond donors (Lipinski definition) is 0. The van der Waals surface area contributed by atoms with Crippen LogP contribution in [0.1, 0.15) is 46.5 Å². The second-order valence-corrected chi connectivity index (χ2v) is 4.76. The Morgan fingerprint density at radius 2 is 1.69 bits per heavy atom. The van der Waals surface area contributed by atoms with Crippen LogP contribution >= 0.6 is 0 Å². The van der Waals surface area contributed by atoms with Crippen LogP contribution in [0, 0.1) is 5.92 Å². The Morgan fingerprint density at radius 1 is 1.08 bits per heavy atom. The summed E-state index contributed by atoms with van der Waals surface area (Å²) in [5.74, 6) is 0.544. The summed E-state index contributed by atoms with van der Waals surface area (Å²) in [6, 6.07) is 0. The minimum absolute atomic E-state index is 0.212. The van der Waals surface area contributed by atoms with Crippen LogP contribution < -0.4 is 0 Å². The van der Waals surface area contributed by atoms with E-state index in [1.54, 1.807) is 0 Å². The summed E-state index contributed by atoms with van der Waals surface area (Å²) in [7, 11) is 0. The Labute approximate surface area is 80.6 Å². The highest BCUT2D eigenvalue weighted by atomic mass is 16.8.